The molecule has 110 valence electrons. The fourth-order valence-corrected chi connectivity index (χ4v) is 4.65. The van der Waals surface area contributed by atoms with Crippen LogP contribution < -0.4 is 5.32 Å². The van der Waals surface area contributed by atoms with Gasteiger partial charge in [0.15, 0.2) is 0 Å². The van der Waals surface area contributed by atoms with Gasteiger partial charge in [0.25, 0.3) is 0 Å². The van der Waals surface area contributed by atoms with Gasteiger partial charge < -0.3 is 5.32 Å². The van der Waals surface area contributed by atoms with Gasteiger partial charge in [0, 0.05) is 31.2 Å². The van der Waals surface area contributed by atoms with E-state index in [1.807, 2.05) is 0 Å². The molecule has 0 spiro atoms. The second-order valence-corrected chi connectivity index (χ2v) is 7.40. The highest BCUT2D eigenvalue weighted by Gasteiger charge is 2.39. The molecule has 2 unspecified atom stereocenters. The van der Waals surface area contributed by atoms with Crippen LogP contribution in [0.1, 0.15) is 65.2 Å². The maximum atomic E-state index is 3.89. The van der Waals surface area contributed by atoms with E-state index in [1.165, 1.54) is 64.5 Å². The lowest BCUT2D eigenvalue weighted by Gasteiger charge is -2.51. The van der Waals surface area contributed by atoms with E-state index < -0.39 is 0 Å². The van der Waals surface area contributed by atoms with Crippen molar-refractivity contribution in [1.29, 1.82) is 0 Å². The van der Waals surface area contributed by atoms with E-state index >= 15 is 0 Å². The zero-order chi connectivity index (χ0) is 13.2. The van der Waals surface area contributed by atoms with Gasteiger partial charge in [-0.1, -0.05) is 33.1 Å². The lowest BCUT2D eigenvalue weighted by molar-refractivity contribution is 0.00434. The summed E-state index contributed by atoms with van der Waals surface area (Å²) >= 11 is 0. The molecule has 1 saturated heterocycles. The standard InChI is InChI=1S/C17H32N2/c1-3-15-11-18-17(14-7-5-4-6-8-14)12-19(15)16-9-13(2)10-16/h13-18H,3-12H2,1-2H3. The Kier molecular flexibility index (Phi) is 4.48. The van der Waals surface area contributed by atoms with Crippen molar-refractivity contribution in [3.63, 3.8) is 0 Å². The van der Waals surface area contributed by atoms with Gasteiger partial charge in [-0.2, -0.15) is 0 Å². The van der Waals surface area contributed by atoms with Crippen LogP contribution in [0.2, 0.25) is 0 Å². The van der Waals surface area contributed by atoms with Crippen molar-refractivity contribution >= 4 is 0 Å². The highest BCUT2D eigenvalue weighted by molar-refractivity contribution is 4.96. The monoisotopic (exact) mass is 264 g/mol. The summed E-state index contributed by atoms with van der Waals surface area (Å²) in [7, 11) is 0. The van der Waals surface area contributed by atoms with Crippen LogP contribution in [-0.4, -0.2) is 36.1 Å². The molecule has 0 bridgehead atoms. The largest absolute Gasteiger partial charge is 0.311 e. The summed E-state index contributed by atoms with van der Waals surface area (Å²) in [5.41, 5.74) is 0. The Morgan fingerprint density at radius 1 is 1.11 bits per heavy atom. The maximum absolute atomic E-state index is 3.89. The number of rotatable bonds is 3. The summed E-state index contributed by atoms with van der Waals surface area (Å²) in [5.74, 6) is 1.94. The van der Waals surface area contributed by atoms with Crippen molar-refractivity contribution in [2.24, 2.45) is 11.8 Å². The summed E-state index contributed by atoms with van der Waals surface area (Å²) in [6.45, 7) is 7.35. The van der Waals surface area contributed by atoms with Crippen LogP contribution in [0.5, 0.6) is 0 Å². The van der Waals surface area contributed by atoms with Crippen molar-refractivity contribution in [3.05, 3.63) is 0 Å². The van der Waals surface area contributed by atoms with Crippen molar-refractivity contribution in [2.45, 2.75) is 83.3 Å². The summed E-state index contributed by atoms with van der Waals surface area (Å²) in [6.07, 6.45) is 11.6. The summed E-state index contributed by atoms with van der Waals surface area (Å²) in [4.78, 5) is 2.88. The number of piperazine rings is 1. The van der Waals surface area contributed by atoms with Crippen LogP contribution in [-0.2, 0) is 0 Å². The minimum atomic E-state index is 0.791. The summed E-state index contributed by atoms with van der Waals surface area (Å²) in [5, 5.41) is 3.89. The van der Waals surface area contributed by atoms with Crippen LogP contribution in [0, 0.1) is 11.8 Å². The van der Waals surface area contributed by atoms with Crippen molar-refractivity contribution in [1.82, 2.24) is 10.2 Å². The molecule has 0 aromatic carbocycles. The Morgan fingerprint density at radius 3 is 2.47 bits per heavy atom. The SMILES string of the molecule is CCC1CNC(C2CCCCC2)CN1C1CC(C)C1. The van der Waals surface area contributed by atoms with Gasteiger partial charge in [0.2, 0.25) is 0 Å². The molecule has 3 fully saturated rings. The fraction of sp³-hybridized carbons (Fsp3) is 1.00. The molecule has 0 aromatic heterocycles. The molecule has 1 aliphatic heterocycles. The van der Waals surface area contributed by atoms with Crippen LogP contribution in [0.4, 0.5) is 0 Å². The zero-order valence-corrected chi connectivity index (χ0v) is 12.9. The predicted molar refractivity (Wildman–Crippen MR) is 81.3 cm³/mol. The lowest BCUT2D eigenvalue weighted by Crippen LogP contribution is -2.63. The molecule has 0 amide bonds. The van der Waals surface area contributed by atoms with Crippen molar-refractivity contribution in [3.8, 4) is 0 Å². The number of hydrogen-bond donors (Lipinski definition) is 1. The quantitative estimate of drug-likeness (QED) is 0.840. The van der Waals surface area contributed by atoms with Crippen molar-refractivity contribution in [2.75, 3.05) is 13.1 Å². The highest BCUT2D eigenvalue weighted by Crippen LogP contribution is 2.35. The second kappa shape index (κ2) is 6.13. The lowest BCUT2D eigenvalue weighted by atomic mass is 9.77. The van der Waals surface area contributed by atoms with E-state index in [2.05, 4.69) is 24.1 Å². The molecule has 3 aliphatic rings. The van der Waals surface area contributed by atoms with Gasteiger partial charge in [0.1, 0.15) is 0 Å². The molecule has 1 heterocycles. The zero-order valence-electron chi connectivity index (χ0n) is 12.9. The first-order valence-corrected chi connectivity index (χ1v) is 8.77. The first-order valence-electron chi connectivity index (χ1n) is 8.77. The summed E-state index contributed by atoms with van der Waals surface area (Å²) < 4.78 is 0. The summed E-state index contributed by atoms with van der Waals surface area (Å²) in [6, 6.07) is 2.50. The Hall–Kier alpha value is -0.0800. The minimum Gasteiger partial charge on any atom is -0.311 e. The van der Waals surface area contributed by atoms with Gasteiger partial charge >= 0.3 is 0 Å². The van der Waals surface area contributed by atoms with Gasteiger partial charge in [-0.05, 0) is 43.9 Å². The van der Waals surface area contributed by atoms with Crippen LogP contribution in [0.15, 0.2) is 0 Å². The highest BCUT2D eigenvalue weighted by atomic mass is 15.3. The van der Waals surface area contributed by atoms with Gasteiger partial charge in [-0.3, -0.25) is 4.90 Å². The topological polar surface area (TPSA) is 15.3 Å². The van der Waals surface area contributed by atoms with Crippen LogP contribution in [0.3, 0.4) is 0 Å². The van der Waals surface area contributed by atoms with E-state index in [0.717, 1.165) is 30.0 Å². The Morgan fingerprint density at radius 2 is 1.84 bits per heavy atom. The van der Waals surface area contributed by atoms with Gasteiger partial charge in [-0.15, -0.1) is 0 Å². The normalized spacial score (nSPS) is 42.0. The third-order valence-electron chi connectivity index (χ3n) is 6.00. The molecule has 19 heavy (non-hydrogen) atoms. The second-order valence-electron chi connectivity index (χ2n) is 7.40. The molecule has 3 rings (SSSR count). The minimum absolute atomic E-state index is 0.791. The maximum Gasteiger partial charge on any atom is 0.0224 e. The molecular weight excluding hydrogens is 232 g/mol. The molecule has 2 aliphatic carbocycles. The van der Waals surface area contributed by atoms with E-state index in [-0.39, 0.29) is 0 Å². The number of hydrogen-bond acceptors (Lipinski definition) is 2. The molecule has 2 heteroatoms. The van der Waals surface area contributed by atoms with Crippen LogP contribution >= 0.6 is 0 Å². The Bertz CT molecular complexity index is 279. The average molecular weight is 264 g/mol. The molecule has 2 nitrogen and oxygen atoms in total. The van der Waals surface area contributed by atoms with E-state index in [4.69, 9.17) is 0 Å². The van der Waals surface area contributed by atoms with E-state index in [9.17, 15) is 0 Å². The molecule has 0 radical (unpaired) electrons. The first kappa shape index (κ1) is 13.9. The molecule has 2 saturated carbocycles. The van der Waals surface area contributed by atoms with Gasteiger partial charge in [0.05, 0.1) is 0 Å². The Labute approximate surface area is 119 Å². The fourth-order valence-electron chi connectivity index (χ4n) is 4.65. The average Bonchev–Trinajstić information content (AvgIpc) is 2.44. The molecule has 2 atom stereocenters. The third kappa shape index (κ3) is 3.00. The van der Waals surface area contributed by atoms with Gasteiger partial charge in [-0.25, -0.2) is 0 Å². The third-order valence-corrected chi connectivity index (χ3v) is 6.00. The molecular formula is C17H32N2. The smallest absolute Gasteiger partial charge is 0.0224 e. The van der Waals surface area contributed by atoms with E-state index in [0.29, 0.717) is 0 Å². The van der Waals surface area contributed by atoms with E-state index in [1.54, 1.807) is 0 Å². The molecule has 1 N–H and O–H groups in total. The van der Waals surface area contributed by atoms with Crippen molar-refractivity contribution < 1.29 is 0 Å². The predicted octanol–water partition coefficient (Wildman–Crippen LogP) is 3.42. The first-order chi connectivity index (χ1) is 9.28. The number of nitrogens with zero attached hydrogens (tertiary/aromatic N) is 1. The Balaban J connectivity index is 1.59. The molecule has 0 aromatic rings. The number of nitrogens with one attached hydrogen (secondary N) is 1. The van der Waals surface area contributed by atoms with Crippen LogP contribution in [0.25, 0.3) is 0 Å².